The largest absolute Gasteiger partial charge is 0.270 e. The lowest BCUT2D eigenvalue weighted by molar-refractivity contribution is 0.218. The molecule has 6 heteroatoms. The highest BCUT2D eigenvalue weighted by Gasteiger charge is 2.42. The van der Waals surface area contributed by atoms with Crippen molar-refractivity contribution in [1.29, 1.82) is 0 Å². The molecule has 0 spiro atoms. The number of nitrogens with zero attached hydrogens (tertiary/aromatic N) is 1. The minimum absolute atomic E-state index is 0.218. The highest BCUT2D eigenvalue weighted by molar-refractivity contribution is 7.85. The van der Waals surface area contributed by atoms with Crippen LogP contribution in [0, 0.1) is 29.5 Å². The number of rotatable bonds is 6. The first-order chi connectivity index (χ1) is 14.4. The summed E-state index contributed by atoms with van der Waals surface area (Å²) in [5, 5.41) is 0. The molecule has 0 aliphatic heterocycles. The fourth-order valence-electron chi connectivity index (χ4n) is 5.17. The topological polar surface area (TPSA) is 56.3 Å². The molecule has 0 amide bonds. The van der Waals surface area contributed by atoms with Gasteiger partial charge in [0.2, 0.25) is 0 Å². The van der Waals surface area contributed by atoms with E-state index in [1.165, 1.54) is 37.8 Å². The van der Waals surface area contributed by atoms with Crippen LogP contribution in [0.4, 0.5) is 4.39 Å². The average Bonchev–Trinajstić information content (AvgIpc) is 3.08. The Morgan fingerprint density at radius 3 is 2.73 bits per heavy atom. The van der Waals surface area contributed by atoms with Gasteiger partial charge >= 0.3 is 0 Å². The van der Waals surface area contributed by atoms with Crippen LogP contribution in [-0.2, 0) is 14.3 Å². The number of aromatic nitrogens is 1. The van der Waals surface area contributed by atoms with Crippen molar-refractivity contribution in [3.8, 4) is 11.1 Å². The molecule has 4 rings (SSSR count). The Hall–Kier alpha value is -2.05. The molecule has 2 aliphatic carbocycles. The highest BCUT2D eigenvalue weighted by atomic mass is 32.2. The van der Waals surface area contributed by atoms with Crippen LogP contribution < -0.4 is 0 Å². The summed E-state index contributed by atoms with van der Waals surface area (Å²) < 4.78 is 41.6. The van der Waals surface area contributed by atoms with E-state index >= 15 is 0 Å². The van der Waals surface area contributed by atoms with E-state index < -0.39 is 10.1 Å². The van der Waals surface area contributed by atoms with Crippen LogP contribution in [-0.4, -0.2) is 26.3 Å². The molecule has 0 N–H and O–H groups in total. The molecule has 0 radical (unpaired) electrons. The smallest absolute Gasteiger partial charge is 0.264 e. The number of halogens is 1. The molecule has 1 aromatic heterocycles. The second-order valence-electron chi connectivity index (χ2n) is 8.61. The first-order valence-corrected chi connectivity index (χ1v) is 12.5. The lowest BCUT2D eigenvalue weighted by Crippen LogP contribution is -2.21. The van der Waals surface area contributed by atoms with Gasteiger partial charge in [0, 0.05) is 11.8 Å². The van der Waals surface area contributed by atoms with Crippen molar-refractivity contribution in [3.63, 3.8) is 0 Å². The lowest BCUT2D eigenvalue weighted by atomic mass is 9.77. The van der Waals surface area contributed by atoms with Gasteiger partial charge in [-0.2, -0.15) is 8.42 Å². The zero-order chi connectivity index (χ0) is 21.1. The molecular weight excluding hydrogens is 401 g/mol. The highest BCUT2D eigenvalue weighted by Crippen LogP contribution is 2.50. The van der Waals surface area contributed by atoms with E-state index in [-0.39, 0.29) is 18.3 Å². The normalized spacial score (nSPS) is 26.7. The number of hydrogen-bond donors (Lipinski definition) is 0. The van der Waals surface area contributed by atoms with E-state index in [4.69, 9.17) is 4.18 Å². The number of fused-ring (bicyclic) bond motifs is 1. The maximum atomic E-state index is 13.5. The summed E-state index contributed by atoms with van der Waals surface area (Å²) in [7, 11) is -3.43. The quantitative estimate of drug-likeness (QED) is 0.583. The molecule has 160 valence electrons. The van der Waals surface area contributed by atoms with Gasteiger partial charge in [-0.25, -0.2) is 4.39 Å². The maximum Gasteiger partial charge on any atom is 0.264 e. The van der Waals surface area contributed by atoms with Crippen molar-refractivity contribution in [1.82, 2.24) is 4.98 Å². The van der Waals surface area contributed by atoms with Crippen molar-refractivity contribution in [2.75, 3.05) is 12.9 Å². The molecule has 0 bridgehead atoms. The number of benzene rings is 1. The van der Waals surface area contributed by atoms with E-state index in [0.29, 0.717) is 17.8 Å². The maximum absolute atomic E-state index is 13.5. The number of allylic oxidation sites excluding steroid dienone is 1. The summed E-state index contributed by atoms with van der Waals surface area (Å²) in [4.78, 5) is 4.52. The second kappa shape index (κ2) is 8.98. The Kier molecular flexibility index (Phi) is 6.34. The van der Waals surface area contributed by atoms with Gasteiger partial charge < -0.3 is 0 Å². The van der Waals surface area contributed by atoms with E-state index in [9.17, 15) is 12.8 Å². The van der Waals surface area contributed by atoms with Crippen LogP contribution >= 0.6 is 0 Å². The summed E-state index contributed by atoms with van der Waals surface area (Å²) in [6.07, 6.45) is 13.1. The van der Waals surface area contributed by atoms with E-state index in [1.807, 2.05) is 24.3 Å². The second-order valence-corrected chi connectivity index (χ2v) is 10.3. The zero-order valence-corrected chi connectivity index (χ0v) is 18.0. The first-order valence-electron chi connectivity index (χ1n) is 10.6. The van der Waals surface area contributed by atoms with Gasteiger partial charge in [-0.1, -0.05) is 43.5 Å². The van der Waals surface area contributed by atoms with Gasteiger partial charge in [0.05, 0.1) is 18.6 Å². The van der Waals surface area contributed by atoms with Crippen LogP contribution in [0.3, 0.4) is 0 Å². The zero-order valence-electron chi connectivity index (χ0n) is 17.2. The van der Waals surface area contributed by atoms with Gasteiger partial charge in [-0.15, -0.1) is 0 Å². The van der Waals surface area contributed by atoms with E-state index in [2.05, 4.69) is 11.1 Å². The minimum Gasteiger partial charge on any atom is -0.270 e. The molecule has 1 aromatic carbocycles. The number of hydrogen-bond acceptors (Lipinski definition) is 4. The summed E-state index contributed by atoms with van der Waals surface area (Å²) in [6, 6.07) is 10.4. The van der Waals surface area contributed by atoms with Crippen molar-refractivity contribution in [3.05, 3.63) is 60.2 Å². The Morgan fingerprint density at radius 1 is 1.17 bits per heavy atom. The molecule has 2 saturated carbocycles. The lowest BCUT2D eigenvalue weighted by Gasteiger charge is -2.28. The van der Waals surface area contributed by atoms with Gasteiger partial charge in [-0.05, 0) is 66.4 Å². The van der Waals surface area contributed by atoms with Gasteiger partial charge in [0.25, 0.3) is 10.1 Å². The third-order valence-electron chi connectivity index (χ3n) is 6.54. The molecule has 4 nitrogen and oxygen atoms in total. The predicted octanol–water partition coefficient (Wildman–Crippen LogP) is 5.32. The molecule has 4 atom stereocenters. The SMILES string of the molecule is CS(=O)(=O)OC[C@H]1C[C@H]2CCCC[C@H]2[C@@H]1/C=C/c1ccc(-c2cccc(F)c2)cn1. The Bertz CT molecular complexity index is 1000. The Balaban J connectivity index is 1.49. The molecule has 30 heavy (non-hydrogen) atoms. The van der Waals surface area contributed by atoms with Crippen molar-refractivity contribution in [2.24, 2.45) is 23.7 Å². The van der Waals surface area contributed by atoms with E-state index in [0.717, 1.165) is 29.5 Å². The molecule has 2 aromatic rings. The van der Waals surface area contributed by atoms with Crippen LogP contribution in [0.1, 0.15) is 37.8 Å². The van der Waals surface area contributed by atoms with Gasteiger partial charge in [0.1, 0.15) is 5.82 Å². The monoisotopic (exact) mass is 429 g/mol. The van der Waals surface area contributed by atoms with Crippen molar-refractivity contribution in [2.45, 2.75) is 32.1 Å². The third-order valence-corrected chi connectivity index (χ3v) is 7.11. The predicted molar refractivity (Wildman–Crippen MR) is 117 cm³/mol. The van der Waals surface area contributed by atoms with Crippen molar-refractivity contribution >= 4 is 16.2 Å². The summed E-state index contributed by atoms with van der Waals surface area (Å²) in [5.41, 5.74) is 2.52. The first kappa shape index (κ1) is 21.2. The Morgan fingerprint density at radius 2 is 2.00 bits per heavy atom. The van der Waals surface area contributed by atoms with Crippen LogP contribution in [0.5, 0.6) is 0 Å². The Labute approximate surface area is 178 Å². The molecule has 2 aliphatic rings. The standard InChI is InChI=1S/C24H28FNO3S/c1-30(27,28)29-16-20-13-18-5-2-3-8-23(18)24(20)12-11-22-10-9-19(15-26-22)17-6-4-7-21(25)14-17/h4,6-7,9-12,14-15,18,20,23-24H,2-3,5,8,13,16H2,1H3/b12-11+/t18-,20-,23-,24-/m1/s1. The molecule has 1 heterocycles. The molecule has 0 unspecified atom stereocenters. The molecule has 2 fully saturated rings. The van der Waals surface area contributed by atoms with Crippen LogP contribution in [0.15, 0.2) is 48.7 Å². The summed E-state index contributed by atoms with van der Waals surface area (Å²) in [5.74, 6) is 1.51. The fourth-order valence-corrected chi connectivity index (χ4v) is 5.60. The number of pyridine rings is 1. The van der Waals surface area contributed by atoms with Gasteiger partial charge in [0.15, 0.2) is 0 Å². The van der Waals surface area contributed by atoms with Gasteiger partial charge in [-0.3, -0.25) is 9.17 Å². The average molecular weight is 430 g/mol. The van der Waals surface area contributed by atoms with Crippen LogP contribution in [0.2, 0.25) is 0 Å². The van der Waals surface area contributed by atoms with E-state index in [1.54, 1.807) is 12.3 Å². The fraction of sp³-hybridized carbons (Fsp3) is 0.458. The minimum atomic E-state index is -3.43. The summed E-state index contributed by atoms with van der Waals surface area (Å²) in [6.45, 7) is 0.257. The van der Waals surface area contributed by atoms with Crippen LogP contribution in [0.25, 0.3) is 17.2 Å². The third kappa shape index (κ3) is 5.16. The summed E-state index contributed by atoms with van der Waals surface area (Å²) >= 11 is 0. The molecule has 0 saturated heterocycles. The van der Waals surface area contributed by atoms with Crippen molar-refractivity contribution < 1.29 is 17.0 Å². The molecular formula is C24H28FNO3S.